The second-order valence-corrected chi connectivity index (χ2v) is 5.43. The van der Waals surface area contributed by atoms with E-state index in [-0.39, 0.29) is 5.75 Å². The molecule has 0 aliphatic rings. The predicted molar refractivity (Wildman–Crippen MR) is 76.9 cm³/mol. The van der Waals surface area contributed by atoms with Crippen LogP contribution in [0.4, 0.5) is 5.82 Å². The molecule has 0 amide bonds. The highest BCUT2D eigenvalue weighted by Gasteiger charge is 2.05. The molecule has 0 fully saturated rings. The summed E-state index contributed by atoms with van der Waals surface area (Å²) in [4.78, 5) is 4.81. The summed E-state index contributed by atoms with van der Waals surface area (Å²) in [5.41, 5.74) is 0. The van der Waals surface area contributed by atoms with Gasteiger partial charge in [-0.25, -0.2) is 4.98 Å². The standard InChI is InChI=1S/C11H7Cl3N2OS/c12-6-3-10(17)11(15-5-6)16-18-7-1-2-8(13)9(14)4-7/h1-5,17H,(H,15,16). The summed E-state index contributed by atoms with van der Waals surface area (Å²) in [6.07, 6.45) is 1.44. The van der Waals surface area contributed by atoms with Crippen molar-refractivity contribution in [2.24, 2.45) is 0 Å². The van der Waals surface area contributed by atoms with E-state index < -0.39 is 0 Å². The molecule has 2 rings (SSSR count). The Bertz CT molecular complexity index is 580. The van der Waals surface area contributed by atoms with Crippen molar-refractivity contribution in [2.45, 2.75) is 4.90 Å². The average molecular weight is 322 g/mol. The lowest BCUT2D eigenvalue weighted by Gasteiger charge is -2.07. The highest BCUT2D eigenvalue weighted by Crippen LogP contribution is 2.31. The van der Waals surface area contributed by atoms with E-state index in [2.05, 4.69) is 9.71 Å². The zero-order chi connectivity index (χ0) is 13.1. The number of nitrogens with zero attached hydrogens (tertiary/aromatic N) is 1. The van der Waals surface area contributed by atoms with Crippen LogP contribution in [0, 0.1) is 0 Å². The maximum absolute atomic E-state index is 9.60. The van der Waals surface area contributed by atoms with Gasteiger partial charge in [-0.05, 0) is 30.1 Å². The van der Waals surface area contributed by atoms with Gasteiger partial charge in [-0.3, -0.25) is 0 Å². The molecule has 1 aromatic heterocycles. The zero-order valence-electron chi connectivity index (χ0n) is 8.82. The minimum Gasteiger partial charge on any atom is -0.504 e. The smallest absolute Gasteiger partial charge is 0.178 e. The first-order valence-corrected chi connectivity index (χ1v) is 6.74. The Morgan fingerprint density at radius 2 is 1.89 bits per heavy atom. The van der Waals surface area contributed by atoms with Gasteiger partial charge >= 0.3 is 0 Å². The molecule has 0 bridgehead atoms. The van der Waals surface area contributed by atoms with Gasteiger partial charge in [0.15, 0.2) is 11.6 Å². The first-order valence-electron chi connectivity index (χ1n) is 4.78. The quantitative estimate of drug-likeness (QED) is 0.792. The molecule has 2 N–H and O–H groups in total. The Balaban J connectivity index is 2.09. The normalized spacial score (nSPS) is 10.4. The Kier molecular flexibility index (Phi) is 4.45. The monoisotopic (exact) mass is 320 g/mol. The Hall–Kier alpha value is -0.810. The van der Waals surface area contributed by atoms with E-state index in [0.29, 0.717) is 20.9 Å². The van der Waals surface area contributed by atoms with E-state index in [9.17, 15) is 5.11 Å². The summed E-state index contributed by atoms with van der Waals surface area (Å²) < 4.78 is 2.90. The lowest BCUT2D eigenvalue weighted by molar-refractivity contribution is 0.476. The Labute approximate surface area is 123 Å². The number of aromatic nitrogens is 1. The van der Waals surface area contributed by atoms with Gasteiger partial charge in [-0.2, -0.15) is 0 Å². The van der Waals surface area contributed by atoms with Gasteiger partial charge in [0.1, 0.15) is 0 Å². The summed E-state index contributed by atoms with van der Waals surface area (Å²) in [6, 6.07) is 6.63. The second kappa shape index (κ2) is 5.89. The Morgan fingerprint density at radius 1 is 1.11 bits per heavy atom. The minimum absolute atomic E-state index is 0.0185. The molecule has 7 heteroatoms. The van der Waals surface area contributed by atoms with Crippen LogP contribution in [-0.2, 0) is 0 Å². The molecule has 0 atom stereocenters. The number of pyridine rings is 1. The van der Waals surface area contributed by atoms with Gasteiger partial charge in [0.2, 0.25) is 0 Å². The Morgan fingerprint density at radius 3 is 2.56 bits per heavy atom. The molecule has 0 unspecified atom stereocenters. The van der Waals surface area contributed by atoms with E-state index in [1.54, 1.807) is 18.2 Å². The van der Waals surface area contributed by atoms with E-state index >= 15 is 0 Å². The van der Waals surface area contributed by atoms with E-state index in [4.69, 9.17) is 34.8 Å². The fraction of sp³-hybridized carbons (Fsp3) is 0. The molecule has 0 spiro atoms. The van der Waals surface area contributed by atoms with Crippen LogP contribution >= 0.6 is 46.8 Å². The predicted octanol–water partition coefficient (Wildman–Crippen LogP) is 4.87. The van der Waals surface area contributed by atoms with Gasteiger partial charge in [-0.1, -0.05) is 34.8 Å². The zero-order valence-corrected chi connectivity index (χ0v) is 11.9. The van der Waals surface area contributed by atoms with Crippen molar-refractivity contribution < 1.29 is 5.11 Å². The summed E-state index contributed by atoms with van der Waals surface area (Å²) in [5, 5.41) is 10.9. The van der Waals surface area contributed by atoms with Gasteiger partial charge in [0, 0.05) is 17.2 Å². The van der Waals surface area contributed by atoms with Crippen LogP contribution in [0.2, 0.25) is 15.1 Å². The largest absolute Gasteiger partial charge is 0.504 e. The molecule has 0 radical (unpaired) electrons. The number of hydrogen-bond donors (Lipinski definition) is 2. The lowest BCUT2D eigenvalue weighted by Crippen LogP contribution is -1.90. The number of anilines is 1. The van der Waals surface area contributed by atoms with Crippen molar-refractivity contribution in [1.29, 1.82) is 0 Å². The maximum atomic E-state index is 9.60. The van der Waals surface area contributed by atoms with Gasteiger partial charge in [0.25, 0.3) is 0 Å². The number of hydrogen-bond acceptors (Lipinski definition) is 4. The van der Waals surface area contributed by atoms with E-state index in [0.717, 1.165) is 4.90 Å². The van der Waals surface area contributed by atoms with Crippen LogP contribution in [0.1, 0.15) is 0 Å². The van der Waals surface area contributed by atoms with Crippen molar-refractivity contribution in [3.05, 3.63) is 45.5 Å². The molecule has 0 saturated carbocycles. The first kappa shape index (κ1) is 13.6. The molecule has 1 aromatic carbocycles. The summed E-state index contributed by atoms with van der Waals surface area (Å²) in [7, 11) is 0. The van der Waals surface area contributed by atoms with E-state index in [1.165, 1.54) is 24.2 Å². The fourth-order valence-corrected chi connectivity index (χ4v) is 2.35. The molecule has 18 heavy (non-hydrogen) atoms. The van der Waals surface area contributed by atoms with Gasteiger partial charge < -0.3 is 9.83 Å². The average Bonchev–Trinajstić information content (AvgIpc) is 2.32. The molecule has 1 heterocycles. The molecular formula is C11H7Cl3N2OS. The van der Waals surface area contributed by atoms with Crippen LogP contribution in [-0.4, -0.2) is 10.1 Å². The van der Waals surface area contributed by atoms with Crippen molar-refractivity contribution in [1.82, 2.24) is 4.98 Å². The number of rotatable bonds is 3. The highest BCUT2D eigenvalue weighted by molar-refractivity contribution is 8.00. The van der Waals surface area contributed by atoms with Gasteiger partial charge in [-0.15, -0.1) is 0 Å². The molecule has 0 aliphatic heterocycles. The molecule has 0 aliphatic carbocycles. The molecule has 2 aromatic rings. The van der Waals surface area contributed by atoms with Crippen molar-refractivity contribution >= 4 is 52.6 Å². The van der Waals surface area contributed by atoms with Crippen molar-refractivity contribution in [2.75, 3.05) is 4.72 Å². The van der Waals surface area contributed by atoms with Crippen LogP contribution in [0.5, 0.6) is 5.75 Å². The van der Waals surface area contributed by atoms with Gasteiger partial charge in [0.05, 0.1) is 15.1 Å². The third-order valence-corrected chi connectivity index (χ3v) is 3.72. The topological polar surface area (TPSA) is 45.2 Å². The summed E-state index contributed by atoms with van der Waals surface area (Å²) >= 11 is 18.6. The van der Waals surface area contributed by atoms with E-state index in [1.807, 2.05) is 0 Å². The minimum atomic E-state index is -0.0185. The van der Waals surface area contributed by atoms with Crippen LogP contribution in [0.25, 0.3) is 0 Å². The molecule has 3 nitrogen and oxygen atoms in total. The number of nitrogens with one attached hydrogen (secondary N) is 1. The van der Waals surface area contributed by atoms with Crippen LogP contribution in [0.3, 0.4) is 0 Å². The third-order valence-electron chi connectivity index (χ3n) is 1.99. The molecule has 94 valence electrons. The number of benzene rings is 1. The number of aromatic hydroxyl groups is 1. The van der Waals surface area contributed by atoms with Crippen LogP contribution in [0.15, 0.2) is 35.4 Å². The third kappa shape index (κ3) is 3.36. The van der Waals surface area contributed by atoms with Crippen LogP contribution < -0.4 is 4.72 Å². The first-order chi connectivity index (χ1) is 8.56. The molecular weight excluding hydrogens is 315 g/mol. The number of halogens is 3. The van der Waals surface area contributed by atoms with Crippen molar-refractivity contribution in [3.8, 4) is 5.75 Å². The highest BCUT2D eigenvalue weighted by atomic mass is 35.5. The summed E-state index contributed by atoms with van der Waals surface area (Å²) in [6.45, 7) is 0. The van der Waals surface area contributed by atoms with Crippen molar-refractivity contribution in [3.63, 3.8) is 0 Å². The summed E-state index contributed by atoms with van der Waals surface area (Å²) in [5.74, 6) is 0.311. The second-order valence-electron chi connectivity index (χ2n) is 3.30. The lowest BCUT2D eigenvalue weighted by atomic mass is 10.4. The fourth-order valence-electron chi connectivity index (χ4n) is 1.15. The molecule has 0 saturated heterocycles. The maximum Gasteiger partial charge on any atom is 0.178 e. The SMILES string of the molecule is Oc1cc(Cl)cnc1NSc1ccc(Cl)c(Cl)c1.